The van der Waals surface area contributed by atoms with E-state index in [1.807, 2.05) is 13.8 Å². The minimum absolute atomic E-state index is 0.106. The lowest BCUT2D eigenvalue weighted by Gasteiger charge is -2.10. The molecule has 0 radical (unpaired) electrons. The third kappa shape index (κ3) is 7.81. The number of hydrogen-bond acceptors (Lipinski definition) is 6. The fourth-order valence-electron chi connectivity index (χ4n) is 2.78. The van der Waals surface area contributed by atoms with Crippen LogP contribution in [0.1, 0.15) is 41.3 Å². The van der Waals surface area contributed by atoms with Gasteiger partial charge in [-0.05, 0) is 68.3 Å². The molecule has 2 amide bonds. The van der Waals surface area contributed by atoms with Gasteiger partial charge in [-0.3, -0.25) is 14.4 Å². The van der Waals surface area contributed by atoms with Gasteiger partial charge in [-0.25, -0.2) is 4.79 Å². The van der Waals surface area contributed by atoms with Crippen LogP contribution in [0.3, 0.4) is 0 Å². The predicted molar refractivity (Wildman–Crippen MR) is 123 cm³/mol. The van der Waals surface area contributed by atoms with Crippen molar-refractivity contribution in [2.24, 2.45) is 0 Å². The van der Waals surface area contributed by atoms with Crippen molar-refractivity contribution in [1.82, 2.24) is 0 Å². The molecule has 0 atom stereocenters. The first kappa shape index (κ1) is 25.1. The average Bonchev–Trinajstić information content (AvgIpc) is 2.75. The number of halogens is 1. The first-order valence-electron chi connectivity index (χ1n) is 9.98. The number of rotatable bonds is 9. The van der Waals surface area contributed by atoms with E-state index in [-0.39, 0.29) is 19.4 Å². The SMILES string of the molecule is CCOC(=O)c1ccc(NC(=O)CCC(=O)OCC(=O)Nc2cc(C)c(Br)c(C)c2)cc1. The summed E-state index contributed by atoms with van der Waals surface area (Å²) in [5.41, 5.74) is 3.41. The van der Waals surface area contributed by atoms with Crippen LogP contribution in [0.25, 0.3) is 0 Å². The van der Waals surface area contributed by atoms with Crippen molar-refractivity contribution in [3.05, 3.63) is 57.6 Å². The zero-order valence-corrected chi connectivity index (χ0v) is 19.7. The molecule has 0 heterocycles. The number of nitrogens with one attached hydrogen (secondary N) is 2. The Hall–Kier alpha value is -3.20. The standard InChI is InChI=1S/C23H25BrN2O6/c1-4-31-23(30)16-5-7-17(8-6-16)25-19(27)9-10-21(29)32-13-20(28)26-18-11-14(2)22(24)15(3)12-18/h5-8,11-12H,4,9-10,13H2,1-3H3,(H,25,27)(H,26,28). The van der Waals surface area contributed by atoms with Gasteiger partial charge in [0.25, 0.3) is 5.91 Å². The Morgan fingerprint density at radius 3 is 2.03 bits per heavy atom. The number of ether oxygens (including phenoxy) is 2. The minimum Gasteiger partial charge on any atom is -0.462 e. The van der Waals surface area contributed by atoms with Gasteiger partial charge in [-0.15, -0.1) is 0 Å². The molecule has 0 aliphatic rings. The third-order valence-electron chi connectivity index (χ3n) is 4.32. The molecule has 0 bridgehead atoms. The zero-order valence-electron chi connectivity index (χ0n) is 18.1. The Labute approximate surface area is 194 Å². The molecule has 32 heavy (non-hydrogen) atoms. The van der Waals surface area contributed by atoms with Crippen molar-refractivity contribution in [3.63, 3.8) is 0 Å². The highest BCUT2D eigenvalue weighted by Crippen LogP contribution is 2.24. The summed E-state index contributed by atoms with van der Waals surface area (Å²) in [5.74, 6) is -1.96. The van der Waals surface area contributed by atoms with E-state index in [1.54, 1.807) is 31.2 Å². The molecular formula is C23H25BrN2O6. The number of esters is 2. The third-order valence-corrected chi connectivity index (χ3v) is 5.57. The summed E-state index contributed by atoms with van der Waals surface area (Å²) in [5, 5.41) is 5.30. The second kappa shape index (κ2) is 12.0. The molecule has 9 heteroatoms. The van der Waals surface area contributed by atoms with Gasteiger partial charge in [0.1, 0.15) is 0 Å². The number of hydrogen-bond donors (Lipinski definition) is 2. The fraction of sp³-hybridized carbons (Fsp3) is 0.304. The summed E-state index contributed by atoms with van der Waals surface area (Å²) in [4.78, 5) is 47.5. The van der Waals surface area contributed by atoms with Crippen molar-refractivity contribution in [2.45, 2.75) is 33.6 Å². The first-order valence-corrected chi connectivity index (χ1v) is 10.8. The van der Waals surface area contributed by atoms with E-state index in [9.17, 15) is 19.2 Å². The molecule has 0 aliphatic carbocycles. The van der Waals surface area contributed by atoms with Crippen LogP contribution < -0.4 is 10.6 Å². The van der Waals surface area contributed by atoms with Crippen LogP contribution in [0.4, 0.5) is 11.4 Å². The monoisotopic (exact) mass is 504 g/mol. The maximum atomic E-state index is 12.0. The maximum absolute atomic E-state index is 12.0. The largest absolute Gasteiger partial charge is 0.462 e. The summed E-state index contributed by atoms with van der Waals surface area (Å²) in [6, 6.07) is 9.82. The summed E-state index contributed by atoms with van der Waals surface area (Å²) in [6.45, 7) is 5.37. The molecule has 8 nitrogen and oxygen atoms in total. The summed E-state index contributed by atoms with van der Waals surface area (Å²) >= 11 is 3.46. The van der Waals surface area contributed by atoms with Gasteiger partial charge >= 0.3 is 11.9 Å². The highest BCUT2D eigenvalue weighted by atomic mass is 79.9. The molecule has 170 valence electrons. The summed E-state index contributed by atoms with van der Waals surface area (Å²) < 4.78 is 10.8. The van der Waals surface area contributed by atoms with Gasteiger partial charge in [-0.2, -0.15) is 0 Å². The van der Waals surface area contributed by atoms with Crippen molar-refractivity contribution in [2.75, 3.05) is 23.8 Å². The number of carbonyl (C=O) groups excluding carboxylic acids is 4. The fourth-order valence-corrected chi connectivity index (χ4v) is 3.01. The molecule has 0 saturated carbocycles. The number of aryl methyl sites for hydroxylation is 2. The molecular weight excluding hydrogens is 480 g/mol. The van der Waals surface area contributed by atoms with E-state index >= 15 is 0 Å². The molecule has 0 unspecified atom stereocenters. The Bertz CT molecular complexity index is 981. The van der Waals surface area contributed by atoms with Gasteiger partial charge < -0.3 is 20.1 Å². The van der Waals surface area contributed by atoms with Crippen LogP contribution in [0.5, 0.6) is 0 Å². The Kier molecular flexibility index (Phi) is 9.39. The molecule has 0 saturated heterocycles. The predicted octanol–water partition coefficient (Wildman–Crippen LogP) is 4.14. The highest BCUT2D eigenvalue weighted by molar-refractivity contribution is 9.10. The van der Waals surface area contributed by atoms with E-state index in [2.05, 4.69) is 26.6 Å². The van der Waals surface area contributed by atoms with Crippen LogP contribution in [-0.2, 0) is 23.9 Å². The van der Waals surface area contributed by atoms with Gasteiger partial charge in [0.15, 0.2) is 6.61 Å². The topological polar surface area (TPSA) is 111 Å². The van der Waals surface area contributed by atoms with Crippen LogP contribution in [0.2, 0.25) is 0 Å². The first-order chi connectivity index (χ1) is 15.2. The quantitative estimate of drug-likeness (QED) is 0.496. The van der Waals surface area contributed by atoms with Gasteiger partial charge in [0, 0.05) is 22.3 Å². The Balaban J connectivity index is 1.72. The van der Waals surface area contributed by atoms with Crippen molar-refractivity contribution in [1.29, 1.82) is 0 Å². The van der Waals surface area contributed by atoms with Crippen LogP contribution in [0, 0.1) is 13.8 Å². The lowest BCUT2D eigenvalue weighted by molar-refractivity contribution is -0.147. The molecule has 2 aromatic carbocycles. The second-order valence-electron chi connectivity index (χ2n) is 6.98. The average molecular weight is 505 g/mol. The summed E-state index contributed by atoms with van der Waals surface area (Å²) in [7, 11) is 0. The molecule has 0 spiro atoms. The second-order valence-corrected chi connectivity index (χ2v) is 7.77. The highest BCUT2D eigenvalue weighted by Gasteiger charge is 2.12. The molecule has 2 N–H and O–H groups in total. The van der Waals surface area contributed by atoms with Crippen molar-refractivity contribution in [3.8, 4) is 0 Å². The van der Waals surface area contributed by atoms with Crippen molar-refractivity contribution >= 4 is 51.1 Å². The Morgan fingerprint density at radius 2 is 1.44 bits per heavy atom. The van der Waals surface area contributed by atoms with Gasteiger partial charge in [0.2, 0.25) is 5.91 Å². The maximum Gasteiger partial charge on any atom is 0.338 e. The van der Waals surface area contributed by atoms with Crippen molar-refractivity contribution < 1.29 is 28.7 Å². The molecule has 2 rings (SSSR count). The van der Waals surface area contributed by atoms with E-state index in [0.717, 1.165) is 15.6 Å². The molecule has 2 aromatic rings. The molecule has 0 aliphatic heterocycles. The van der Waals surface area contributed by atoms with Crippen LogP contribution in [-0.4, -0.2) is 37.0 Å². The van der Waals surface area contributed by atoms with E-state index in [1.165, 1.54) is 12.1 Å². The lowest BCUT2D eigenvalue weighted by Crippen LogP contribution is -2.22. The number of amides is 2. The van der Waals surface area contributed by atoms with Crippen LogP contribution >= 0.6 is 15.9 Å². The lowest BCUT2D eigenvalue weighted by atomic mass is 10.1. The smallest absolute Gasteiger partial charge is 0.338 e. The van der Waals surface area contributed by atoms with Gasteiger partial charge in [0.05, 0.1) is 18.6 Å². The Morgan fingerprint density at radius 1 is 0.844 bits per heavy atom. The van der Waals surface area contributed by atoms with E-state index < -0.39 is 30.4 Å². The summed E-state index contributed by atoms with van der Waals surface area (Å²) in [6.07, 6.45) is -0.276. The van der Waals surface area contributed by atoms with Crippen LogP contribution in [0.15, 0.2) is 40.9 Å². The number of carbonyl (C=O) groups is 4. The minimum atomic E-state index is -0.656. The number of anilines is 2. The normalized spacial score (nSPS) is 10.2. The number of benzene rings is 2. The van der Waals surface area contributed by atoms with E-state index in [0.29, 0.717) is 16.9 Å². The van der Waals surface area contributed by atoms with E-state index in [4.69, 9.17) is 9.47 Å². The molecule has 0 fully saturated rings. The van der Waals surface area contributed by atoms with Gasteiger partial charge in [-0.1, -0.05) is 15.9 Å². The molecule has 0 aromatic heterocycles. The zero-order chi connectivity index (χ0) is 23.7.